The van der Waals surface area contributed by atoms with Gasteiger partial charge in [-0.2, -0.15) is 0 Å². The van der Waals surface area contributed by atoms with Gasteiger partial charge in [0, 0.05) is 0 Å². The van der Waals surface area contributed by atoms with Crippen molar-refractivity contribution < 1.29 is 9.13 Å². The van der Waals surface area contributed by atoms with Crippen molar-refractivity contribution in [3.05, 3.63) is 49.1 Å². The third-order valence-corrected chi connectivity index (χ3v) is 5.94. The molecule has 4 nitrogen and oxygen atoms in total. The highest BCUT2D eigenvalue weighted by Crippen LogP contribution is 2.27. The van der Waals surface area contributed by atoms with Crippen molar-refractivity contribution in [1.82, 2.24) is 9.13 Å². The van der Waals surface area contributed by atoms with Crippen LogP contribution in [0, 0.1) is 0 Å². The molecule has 0 amide bonds. The van der Waals surface area contributed by atoms with Gasteiger partial charge < -0.3 is 0 Å². The summed E-state index contributed by atoms with van der Waals surface area (Å²) >= 11 is 0. The van der Waals surface area contributed by atoms with Crippen molar-refractivity contribution >= 4 is 22.1 Å². The fourth-order valence-electron chi connectivity index (χ4n) is 4.61. The molecule has 0 aliphatic carbocycles. The van der Waals surface area contributed by atoms with Gasteiger partial charge in [0.1, 0.15) is 0 Å². The number of nitrogens with zero attached hydrogens (tertiary/aromatic N) is 4. The van der Waals surface area contributed by atoms with E-state index in [4.69, 9.17) is 0 Å². The molecule has 0 saturated carbocycles. The molecule has 0 aliphatic heterocycles. The van der Waals surface area contributed by atoms with Gasteiger partial charge in [-0.25, -0.2) is 18.3 Å². The summed E-state index contributed by atoms with van der Waals surface area (Å²) in [5, 5.41) is 0. The molecule has 2 heterocycles. The lowest BCUT2D eigenvalue weighted by atomic mass is 10.0. The van der Waals surface area contributed by atoms with E-state index in [-0.39, 0.29) is 0 Å². The predicted octanol–water partition coefficient (Wildman–Crippen LogP) is 5.48. The maximum absolute atomic E-state index is 2.42. The standard InChI is InChI=1S/C26H36N4/c1-5-13-27-19-29(15-7-3)25-17-21(9-11-23(25)27)22-10-12-24-26(18-22)30(16-8-4)20-28(24)14-6-2/h9-12,17-20H,5-8,13-16H2,1-4H3/q+2. The molecule has 4 heteroatoms. The van der Waals surface area contributed by atoms with Crippen molar-refractivity contribution in [3.63, 3.8) is 0 Å². The molecule has 0 fully saturated rings. The molecule has 0 N–H and O–H groups in total. The lowest BCUT2D eigenvalue weighted by molar-refractivity contribution is -0.672. The van der Waals surface area contributed by atoms with Crippen LogP contribution in [0.25, 0.3) is 33.2 Å². The number of aryl methyl sites for hydroxylation is 4. The Kier molecular flexibility index (Phi) is 6.21. The second-order valence-corrected chi connectivity index (χ2v) is 8.41. The van der Waals surface area contributed by atoms with Crippen molar-refractivity contribution in [2.45, 2.75) is 79.6 Å². The fourth-order valence-corrected chi connectivity index (χ4v) is 4.61. The van der Waals surface area contributed by atoms with Crippen molar-refractivity contribution in [2.24, 2.45) is 0 Å². The summed E-state index contributed by atoms with van der Waals surface area (Å²) in [6, 6.07) is 14.0. The molecule has 0 radical (unpaired) electrons. The van der Waals surface area contributed by atoms with E-state index in [1.54, 1.807) is 0 Å². The lowest BCUT2D eigenvalue weighted by Gasteiger charge is -2.03. The highest BCUT2D eigenvalue weighted by molar-refractivity contribution is 5.84. The van der Waals surface area contributed by atoms with Crippen LogP contribution in [0.5, 0.6) is 0 Å². The SMILES string of the molecule is CCCn1c[n+](CCC)c2ccc(-c3ccc4c(c3)n(CCC)c[n+]4CCC)cc21. The van der Waals surface area contributed by atoms with Gasteiger partial charge >= 0.3 is 0 Å². The van der Waals surface area contributed by atoms with Crippen LogP contribution in [0.1, 0.15) is 53.4 Å². The molecule has 4 rings (SSSR count). The van der Waals surface area contributed by atoms with E-state index in [0.29, 0.717) is 0 Å². The van der Waals surface area contributed by atoms with Crippen LogP contribution in [0.3, 0.4) is 0 Å². The predicted molar refractivity (Wildman–Crippen MR) is 124 cm³/mol. The van der Waals surface area contributed by atoms with Gasteiger partial charge in [-0.1, -0.05) is 27.7 Å². The molecule has 2 aromatic carbocycles. The summed E-state index contributed by atoms with van der Waals surface area (Å²) < 4.78 is 9.64. The smallest absolute Gasteiger partial charge is 0.230 e. The van der Waals surface area contributed by atoms with E-state index < -0.39 is 0 Å². The van der Waals surface area contributed by atoms with Gasteiger partial charge in [-0.15, -0.1) is 0 Å². The molecular weight excluding hydrogens is 368 g/mol. The number of fused-ring (bicyclic) bond motifs is 2. The van der Waals surface area contributed by atoms with Crippen molar-refractivity contribution in [1.29, 1.82) is 0 Å². The van der Waals surface area contributed by atoms with Gasteiger partial charge in [-0.05, 0) is 73.2 Å². The maximum atomic E-state index is 2.42. The van der Waals surface area contributed by atoms with Crippen LogP contribution in [0.4, 0.5) is 0 Å². The fraction of sp³-hybridized carbons (Fsp3) is 0.462. The minimum atomic E-state index is 1.06. The number of benzene rings is 2. The van der Waals surface area contributed by atoms with Crippen LogP contribution in [0.2, 0.25) is 0 Å². The van der Waals surface area contributed by atoms with Crippen LogP contribution in [0.15, 0.2) is 49.1 Å². The van der Waals surface area contributed by atoms with Crippen molar-refractivity contribution in [2.75, 3.05) is 0 Å². The average Bonchev–Trinajstić information content (AvgIpc) is 3.27. The van der Waals surface area contributed by atoms with Gasteiger partial charge in [0.05, 0.1) is 26.2 Å². The summed E-state index contributed by atoms with van der Waals surface area (Å²) in [5.74, 6) is 0. The van der Waals surface area contributed by atoms with E-state index in [2.05, 4.69) is 95.0 Å². The van der Waals surface area contributed by atoms with Gasteiger partial charge in [-0.3, -0.25) is 0 Å². The van der Waals surface area contributed by atoms with Gasteiger partial charge in [0.2, 0.25) is 12.7 Å². The highest BCUT2D eigenvalue weighted by atomic mass is 15.1. The number of imidazole rings is 2. The van der Waals surface area contributed by atoms with Gasteiger partial charge in [0.25, 0.3) is 0 Å². The minimum Gasteiger partial charge on any atom is -0.230 e. The second kappa shape index (κ2) is 9.03. The zero-order chi connectivity index (χ0) is 21.1. The first-order chi connectivity index (χ1) is 14.7. The first-order valence-electron chi connectivity index (χ1n) is 11.7. The number of aromatic nitrogens is 4. The molecule has 0 spiro atoms. The Morgan fingerprint density at radius 1 is 0.600 bits per heavy atom. The molecule has 0 unspecified atom stereocenters. The topological polar surface area (TPSA) is 17.6 Å². The Balaban J connectivity index is 1.82. The summed E-state index contributed by atoms with van der Waals surface area (Å²) in [6.07, 6.45) is 9.19. The lowest BCUT2D eigenvalue weighted by Crippen LogP contribution is -2.31. The van der Waals surface area contributed by atoms with Crippen molar-refractivity contribution in [3.8, 4) is 11.1 Å². The minimum absolute atomic E-state index is 1.06. The number of hydrogen-bond acceptors (Lipinski definition) is 0. The number of rotatable bonds is 9. The Morgan fingerprint density at radius 3 is 1.40 bits per heavy atom. The second-order valence-electron chi connectivity index (χ2n) is 8.41. The molecule has 30 heavy (non-hydrogen) atoms. The zero-order valence-corrected chi connectivity index (χ0v) is 19.1. The average molecular weight is 405 g/mol. The molecule has 2 aromatic heterocycles. The van der Waals surface area contributed by atoms with E-state index >= 15 is 0 Å². The first kappa shape index (κ1) is 20.6. The molecule has 0 saturated heterocycles. The Hall–Kier alpha value is -2.62. The molecule has 0 aliphatic rings. The van der Waals surface area contributed by atoms with Crippen LogP contribution in [-0.2, 0) is 26.2 Å². The zero-order valence-electron chi connectivity index (χ0n) is 19.1. The molecule has 158 valence electrons. The summed E-state index contributed by atoms with van der Waals surface area (Å²) in [7, 11) is 0. The Bertz CT molecular complexity index is 1060. The third-order valence-electron chi connectivity index (χ3n) is 5.94. The molecule has 0 atom stereocenters. The van der Waals surface area contributed by atoms with Crippen LogP contribution >= 0.6 is 0 Å². The van der Waals surface area contributed by atoms with E-state index in [1.807, 2.05) is 0 Å². The number of hydrogen-bond donors (Lipinski definition) is 0. The first-order valence-corrected chi connectivity index (χ1v) is 11.7. The molecule has 4 aromatic rings. The van der Waals surface area contributed by atoms with E-state index in [0.717, 1.165) is 51.9 Å². The van der Waals surface area contributed by atoms with Crippen LogP contribution in [-0.4, -0.2) is 9.13 Å². The maximum Gasteiger partial charge on any atom is 0.244 e. The molecular formula is C26H36N4+2. The Morgan fingerprint density at radius 2 is 1.03 bits per heavy atom. The quantitative estimate of drug-likeness (QED) is 0.329. The monoisotopic (exact) mass is 404 g/mol. The summed E-state index contributed by atoms with van der Waals surface area (Å²) in [4.78, 5) is 0. The van der Waals surface area contributed by atoms with Gasteiger partial charge in [0.15, 0.2) is 22.1 Å². The molecule has 0 bridgehead atoms. The normalized spacial score (nSPS) is 11.7. The largest absolute Gasteiger partial charge is 0.244 e. The Labute approximate surface area is 180 Å². The van der Waals surface area contributed by atoms with E-state index in [1.165, 1.54) is 33.2 Å². The van der Waals surface area contributed by atoms with Crippen LogP contribution < -0.4 is 9.13 Å². The summed E-state index contributed by atoms with van der Waals surface area (Å²) in [5.41, 5.74) is 7.96. The summed E-state index contributed by atoms with van der Waals surface area (Å²) in [6.45, 7) is 13.3. The third kappa shape index (κ3) is 3.76. The highest BCUT2D eigenvalue weighted by Gasteiger charge is 2.18. The van der Waals surface area contributed by atoms with E-state index in [9.17, 15) is 0 Å².